The number of hydrogen-bond acceptors (Lipinski definition) is 6. The molecule has 0 heterocycles. The molecule has 3 N–H and O–H groups in total. The van der Waals surface area contributed by atoms with Gasteiger partial charge in [0.1, 0.15) is 17.5 Å². The Bertz CT molecular complexity index is 1320. The van der Waals surface area contributed by atoms with Crippen molar-refractivity contribution in [3.63, 3.8) is 0 Å². The second-order valence-electron chi connectivity index (χ2n) is 12.2. The highest BCUT2D eigenvalue weighted by Crippen LogP contribution is 2.42. The molecule has 1 atom stereocenters. The van der Waals surface area contributed by atoms with Crippen LogP contribution in [0.25, 0.3) is 0 Å². The number of hydrogen-bond donors (Lipinski definition) is 2. The van der Waals surface area contributed by atoms with Crippen molar-refractivity contribution in [2.45, 2.75) is 90.4 Å². The van der Waals surface area contributed by atoms with E-state index in [1.165, 1.54) is 0 Å². The third-order valence-corrected chi connectivity index (χ3v) is 14.3. The minimum absolute atomic E-state index is 0.239. The van der Waals surface area contributed by atoms with E-state index in [0.717, 1.165) is 16.9 Å². The Hall–Kier alpha value is -3.78. The maximum atomic E-state index is 13.2. The van der Waals surface area contributed by atoms with E-state index in [2.05, 4.69) is 71.1 Å². The Morgan fingerprint density at radius 3 is 2.02 bits per heavy atom. The Morgan fingerprint density at radius 1 is 0.818 bits per heavy atom. The van der Waals surface area contributed by atoms with Gasteiger partial charge in [0.25, 0.3) is 14.2 Å². The third kappa shape index (κ3) is 9.11. The largest absolute Gasteiger partial charge is 0.543 e. The summed E-state index contributed by atoms with van der Waals surface area (Å²) < 4.78 is 18.0. The molecule has 0 saturated carbocycles. The van der Waals surface area contributed by atoms with Crippen molar-refractivity contribution in [1.82, 2.24) is 5.32 Å². The number of carbonyl (C=O) groups excluding carboxylic acids is 2. The van der Waals surface area contributed by atoms with E-state index in [0.29, 0.717) is 59.5 Å². The molecule has 3 aromatic rings. The monoisotopic (exact) mass is 618 g/mol. The Balaban J connectivity index is 1.62. The lowest BCUT2D eigenvalue weighted by atomic mass is 10.0. The highest BCUT2D eigenvalue weighted by atomic mass is 28.4. The van der Waals surface area contributed by atoms with E-state index in [4.69, 9.17) is 19.6 Å². The molecule has 3 aromatic carbocycles. The average Bonchev–Trinajstić information content (AvgIpc) is 2.99. The summed E-state index contributed by atoms with van der Waals surface area (Å²) in [7, 11) is -2.01. The number of ether oxygens (including phenoxy) is 2. The number of nitrogen functional groups attached to an aromatic ring is 1. The number of aryl methyl sites for hydroxylation is 1. The number of rotatable bonds is 16. The fourth-order valence-electron chi connectivity index (χ4n) is 6.05. The van der Waals surface area contributed by atoms with Crippen molar-refractivity contribution in [3.8, 4) is 11.5 Å². The van der Waals surface area contributed by atoms with Gasteiger partial charge < -0.3 is 25.0 Å². The lowest BCUT2D eigenvalue weighted by Crippen LogP contribution is -2.50. The first kappa shape index (κ1) is 34.7. The molecule has 0 bridgehead atoms. The van der Waals surface area contributed by atoms with Crippen LogP contribution in [0.2, 0.25) is 16.6 Å². The van der Waals surface area contributed by atoms with E-state index in [-0.39, 0.29) is 12.5 Å². The fraction of sp³-hybridized carbons (Fsp3) is 0.444. The molecule has 0 radical (unpaired) electrons. The van der Waals surface area contributed by atoms with Crippen molar-refractivity contribution in [2.24, 2.45) is 0 Å². The van der Waals surface area contributed by atoms with Crippen LogP contribution in [0, 0.1) is 0 Å². The van der Waals surface area contributed by atoms with Gasteiger partial charge in [-0.25, -0.2) is 4.79 Å². The zero-order valence-corrected chi connectivity index (χ0v) is 28.4. The minimum Gasteiger partial charge on any atom is -0.543 e. The summed E-state index contributed by atoms with van der Waals surface area (Å²) in [4.78, 5) is 25.8. The van der Waals surface area contributed by atoms with E-state index >= 15 is 0 Å². The molecule has 0 aliphatic carbocycles. The first-order valence-electron chi connectivity index (χ1n) is 15.8. The molecule has 0 fully saturated rings. The topological polar surface area (TPSA) is 99.9 Å². The maximum absolute atomic E-state index is 13.2. The maximum Gasteiger partial charge on any atom is 0.328 e. The SMILES string of the molecule is CCOC(=O)[C@H](CCc1ccccc1)NC(=O)c1ccc(N)c(OCCc2ccc(O[Si](C(C)C)(C(C)C)C(C)C)cc2)c1. The molecule has 238 valence electrons. The summed E-state index contributed by atoms with van der Waals surface area (Å²) >= 11 is 0. The van der Waals surface area contributed by atoms with Crippen LogP contribution in [0.1, 0.15) is 76.4 Å². The molecule has 7 nitrogen and oxygen atoms in total. The number of nitrogens with one attached hydrogen (secondary N) is 1. The highest BCUT2D eigenvalue weighted by molar-refractivity contribution is 6.78. The summed E-state index contributed by atoms with van der Waals surface area (Å²) in [5.74, 6) is 0.507. The number of carbonyl (C=O) groups is 2. The van der Waals surface area contributed by atoms with Crippen LogP contribution in [0.4, 0.5) is 5.69 Å². The zero-order chi connectivity index (χ0) is 32.3. The van der Waals surface area contributed by atoms with Gasteiger partial charge in [-0.1, -0.05) is 84.0 Å². The van der Waals surface area contributed by atoms with Gasteiger partial charge in [-0.3, -0.25) is 4.79 Å². The lowest BCUT2D eigenvalue weighted by molar-refractivity contribution is -0.145. The minimum atomic E-state index is -2.01. The standard InChI is InChI=1S/C36H50N2O5Si/c1-8-41-36(40)33(21-16-28-12-10-9-11-13-28)38-35(39)30-17-20-32(37)34(24-30)42-23-22-29-14-18-31(19-15-29)43-44(25(2)3,26(4)5)27(6)7/h9-15,17-20,24-27,33H,8,16,21-23,37H2,1-7H3,(H,38,39)/t33-/m0/s1. The zero-order valence-electron chi connectivity index (χ0n) is 27.4. The van der Waals surface area contributed by atoms with Crippen LogP contribution < -0.4 is 20.2 Å². The smallest absolute Gasteiger partial charge is 0.328 e. The molecule has 44 heavy (non-hydrogen) atoms. The summed E-state index contributed by atoms with van der Waals surface area (Å²) in [5.41, 5.74) is 10.7. The van der Waals surface area contributed by atoms with Gasteiger partial charge in [0.05, 0.1) is 18.9 Å². The van der Waals surface area contributed by atoms with Gasteiger partial charge >= 0.3 is 5.97 Å². The quantitative estimate of drug-likeness (QED) is 0.0968. The Morgan fingerprint density at radius 2 is 1.43 bits per heavy atom. The Kier molecular flexibility index (Phi) is 12.9. The van der Waals surface area contributed by atoms with Crippen LogP contribution in [0.3, 0.4) is 0 Å². The second kappa shape index (κ2) is 16.3. The number of esters is 1. The Labute approximate surface area is 264 Å². The van der Waals surface area contributed by atoms with Gasteiger partial charge in [0, 0.05) is 12.0 Å². The molecular formula is C36H50N2O5Si. The molecule has 0 aliphatic heterocycles. The van der Waals surface area contributed by atoms with E-state index in [9.17, 15) is 9.59 Å². The molecule has 1 amide bonds. The van der Waals surface area contributed by atoms with Crippen molar-refractivity contribution >= 4 is 25.9 Å². The molecule has 0 unspecified atom stereocenters. The highest BCUT2D eigenvalue weighted by Gasteiger charge is 2.46. The summed E-state index contributed by atoms with van der Waals surface area (Å²) in [6.07, 6.45) is 1.72. The fourth-order valence-corrected chi connectivity index (χ4v) is 11.3. The molecule has 8 heteroatoms. The van der Waals surface area contributed by atoms with Crippen molar-refractivity contribution in [2.75, 3.05) is 18.9 Å². The first-order valence-corrected chi connectivity index (χ1v) is 17.9. The van der Waals surface area contributed by atoms with Crippen LogP contribution in [0.5, 0.6) is 11.5 Å². The second-order valence-corrected chi connectivity index (χ2v) is 17.6. The van der Waals surface area contributed by atoms with Crippen LogP contribution >= 0.6 is 0 Å². The summed E-state index contributed by atoms with van der Waals surface area (Å²) in [5, 5.41) is 2.84. The van der Waals surface area contributed by atoms with Gasteiger partial charge in [-0.2, -0.15) is 0 Å². The number of amides is 1. The molecule has 0 aliphatic rings. The molecule has 0 spiro atoms. The predicted octanol–water partition coefficient (Wildman–Crippen LogP) is 7.74. The lowest BCUT2D eigenvalue weighted by Gasteiger charge is -2.42. The van der Waals surface area contributed by atoms with Crippen molar-refractivity contribution in [3.05, 3.63) is 89.5 Å². The summed E-state index contributed by atoms with van der Waals surface area (Å²) in [6, 6.07) is 22.2. The van der Waals surface area contributed by atoms with E-state index in [1.54, 1.807) is 25.1 Å². The molecular weight excluding hydrogens is 568 g/mol. The molecule has 0 saturated heterocycles. The average molecular weight is 619 g/mol. The van der Waals surface area contributed by atoms with E-state index < -0.39 is 20.3 Å². The van der Waals surface area contributed by atoms with Gasteiger partial charge in [0.2, 0.25) is 0 Å². The molecule has 3 rings (SSSR count). The first-order chi connectivity index (χ1) is 21.0. The third-order valence-electron chi connectivity index (χ3n) is 8.29. The van der Waals surface area contributed by atoms with Gasteiger partial charge in [0.15, 0.2) is 0 Å². The van der Waals surface area contributed by atoms with Gasteiger partial charge in [-0.05, 0) is 77.8 Å². The van der Waals surface area contributed by atoms with Crippen LogP contribution in [-0.4, -0.2) is 39.4 Å². The summed E-state index contributed by atoms with van der Waals surface area (Å²) in [6.45, 7) is 16.1. The van der Waals surface area contributed by atoms with Crippen molar-refractivity contribution in [1.29, 1.82) is 0 Å². The normalized spacial score (nSPS) is 12.3. The van der Waals surface area contributed by atoms with Crippen molar-refractivity contribution < 1.29 is 23.5 Å². The number of anilines is 1. The van der Waals surface area contributed by atoms with Gasteiger partial charge in [-0.15, -0.1) is 0 Å². The van der Waals surface area contributed by atoms with Crippen LogP contribution in [-0.2, 0) is 22.4 Å². The number of benzene rings is 3. The predicted molar refractivity (Wildman–Crippen MR) is 181 cm³/mol. The van der Waals surface area contributed by atoms with E-state index in [1.807, 2.05) is 30.3 Å². The number of nitrogens with two attached hydrogens (primary N) is 1. The van der Waals surface area contributed by atoms with Crippen LogP contribution in [0.15, 0.2) is 72.8 Å². The molecule has 0 aromatic heterocycles.